The van der Waals surface area contributed by atoms with E-state index < -0.39 is 0 Å². The maximum Gasteiger partial charge on any atom is 0.0598 e. The normalized spacial score (nSPS) is 12.5. The van der Waals surface area contributed by atoms with Crippen molar-refractivity contribution < 1.29 is 9.47 Å². The van der Waals surface area contributed by atoms with Crippen LogP contribution in [0.15, 0.2) is 0 Å². The molecule has 0 saturated carbocycles. The van der Waals surface area contributed by atoms with Gasteiger partial charge in [0.05, 0.1) is 11.7 Å². The predicted molar refractivity (Wildman–Crippen MR) is 51.4 cm³/mol. The molecule has 0 heterocycles. The van der Waals surface area contributed by atoms with Gasteiger partial charge in [0.25, 0.3) is 0 Å². The van der Waals surface area contributed by atoms with Gasteiger partial charge in [0, 0.05) is 13.2 Å². The summed E-state index contributed by atoms with van der Waals surface area (Å²) in [5, 5.41) is 0. The Morgan fingerprint density at radius 2 is 1.67 bits per heavy atom. The second-order valence-electron chi connectivity index (χ2n) is 4.23. The van der Waals surface area contributed by atoms with E-state index in [1.54, 1.807) is 0 Å². The fourth-order valence-electron chi connectivity index (χ4n) is 0.756. The van der Waals surface area contributed by atoms with Crippen LogP contribution in [-0.4, -0.2) is 24.9 Å². The van der Waals surface area contributed by atoms with Crippen molar-refractivity contribution in [2.24, 2.45) is 0 Å². The summed E-state index contributed by atoms with van der Waals surface area (Å²) in [7, 11) is 0. The molecule has 0 aromatic carbocycles. The van der Waals surface area contributed by atoms with Crippen molar-refractivity contribution >= 4 is 0 Å². The van der Waals surface area contributed by atoms with Gasteiger partial charge in [-0.25, -0.2) is 0 Å². The van der Waals surface area contributed by atoms with E-state index in [0.717, 1.165) is 19.6 Å². The van der Waals surface area contributed by atoms with E-state index in [1.807, 2.05) is 13.8 Å². The molecule has 0 saturated heterocycles. The molecule has 2 heteroatoms. The van der Waals surface area contributed by atoms with E-state index in [-0.39, 0.29) is 5.60 Å². The minimum absolute atomic E-state index is 0.0160. The van der Waals surface area contributed by atoms with Gasteiger partial charge in [-0.05, 0) is 41.0 Å². The average Bonchev–Trinajstić information content (AvgIpc) is 1.83. The number of hydrogen-bond acceptors (Lipinski definition) is 2. The summed E-state index contributed by atoms with van der Waals surface area (Å²) in [6.45, 7) is 11.9. The molecule has 0 atom stereocenters. The van der Waals surface area contributed by atoms with E-state index in [4.69, 9.17) is 9.47 Å². The number of rotatable bonds is 5. The first-order valence-electron chi connectivity index (χ1n) is 4.67. The zero-order valence-corrected chi connectivity index (χ0v) is 9.02. The minimum atomic E-state index is -0.0160. The lowest BCUT2D eigenvalue weighted by Crippen LogP contribution is -2.20. The molecule has 0 bridgehead atoms. The van der Waals surface area contributed by atoms with Crippen molar-refractivity contribution in [2.75, 3.05) is 13.2 Å². The summed E-state index contributed by atoms with van der Waals surface area (Å²) < 4.78 is 10.9. The zero-order valence-electron chi connectivity index (χ0n) is 9.02. The summed E-state index contributed by atoms with van der Waals surface area (Å²) in [4.78, 5) is 0. The van der Waals surface area contributed by atoms with Crippen LogP contribution in [0.3, 0.4) is 0 Å². The third-order valence-corrected chi connectivity index (χ3v) is 1.27. The Hall–Kier alpha value is -0.0800. The van der Waals surface area contributed by atoms with Crippen LogP contribution in [0.5, 0.6) is 0 Å². The monoisotopic (exact) mass is 174 g/mol. The maximum absolute atomic E-state index is 5.53. The van der Waals surface area contributed by atoms with Gasteiger partial charge >= 0.3 is 0 Å². The summed E-state index contributed by atoms with van der Waals surface area (Å²) in [5.41, 5.74) is -0.0160. The second kappa shape index (κ2) is 5.55. The van der Waals surface area contributed by atoms with E-state index in [0.29, 0.717) is 6.10 Å². The van der Waals surface area contributed by atoms with Gasteiger partial charge in [-0.3, -0.25) is 0 Å². The lowest BCUT2D eigenvalue weighted by Gasteiger charge is -2.19. The first kappa shape index (κ1) is 11.9. The largest absolute Gasteiger partial charge is 0.379 e. The van der Waals surface area contributed by atoms with Crippen LogP contribution in [0, 0.1) is 0 Å². The van der Waals surface area contributed by atoms with E-state index in [9.17, 15) is 0 Å². The molecule has 0 aliphatic rings. The van der Waals surface area contributed by atoms with Crippen LogP contribution in [-0.2, 0) is 9.47 Å². The molecule has 0 aromatic heterocycles. The molecule has 74 valence electrons. The predicted octanol–water partition coefficient (Wildman–Crippen LogP) is 2.62. The highest BCUT2D eigenvalue weighted by Gasteiger charge is 2.08. The fraction of sp³-hybridized carbons (Fsp3) is 1.00. The standard InChI is InChI=1S/C10H22O2/c1-9(2)11-7-6-8-12-10(3,4)5/h9H,6-8H2,1-5H3. The summed E-state index contributed by atoms with van der Waals surface area (Å²) in [6.07, 6.45) is 1.31. The minimum Gasteiger partial charge on any atom is -0.379 e. The highest BCUT2D eigenvalue weighted by Crippen LogP contribution is 2.06. The van der Waals surface area contributed by atoms with Crippen LogP contribution < -0.4 is 0 Å². The van der Waals surface area contributed by atoms with Gasteiger partial charge < -0.3 is 9.47 Å². The molecule has 2 nitrogen and oxygen atoms in total. The Morgan fingerprint density at radius 1 is 1.08 bits per heavy atom. The van der Waals surface area contributed by atoms with E-state index >= 15 is 0 Å². The van der Waals surface area contributed by atoms with Gasteiger partial charge in [-0.1, -0.05) is 0 Å². The smallest absolute Gasteiger partial charge is 0.0598 e. The Morgan fingerprint density at radius 3 is 2.08 bits per heavy atom. The van der Waals surface area contributed by atoms with Crippen LogP contribution in [0.4, 0.5) is 0 Å². The molecule has 0 aliphatic heterocycles. The molecule has 0 aliphatic carbocycles. The quantitative estimate of drug-likeness (QED) is 0.596. The van der Waals surface area contributed by atoms with Crippen LogP contribution in [0.2, 0.25) is 0 Å². The Kier molecular flexibility index (Phi) is 5.51. The summed E-state index contributed by atoms with van der Waals surface area (Å²) in [5.74, 6) is 0. The topological polar surface area (TPSA) is 18.5 Å². The van der Waals surface area contributed by atoms with Crippen LogP contribution in [0.25, 0.3) is 0 Å². The molecule has 0 rings (SSSR count). The van der Waals surface area contributed by atoms with Crippen molar-refractivity contribution in [3.63, 3.8) is 0 Å². The molecule has 0 N–H and O–H groups in total. The van der Waals surface area contributed by atoms with Crippen molar-refractivity contribution in [3.05, 3.63) is 0 Å². The Balaban J connectivity index is 3.12. The van der Waals surface area contributed by atoms with Crippen molar-refractivity contribution in [1.29, 1.82) is 0 Å². The van der Waals surface area contributed by atoms with Gasteiger partial charge in [-0.2, -0.15) is 0 Å². The van der Waals surface area contributed by atoms with Crippen LogP contribution in [0.1, 0.15) is 41.0 Å². The first-order chi connectivity index (χ1) is 5.42. The van der Waals surface area contributed by atoms with Crippen molar-refractivity contribution in [2.45, 2.75) is 52.7 Å². The highest BCUT2D eigenvalue weighted by atomic mass is 16.5. The van der Waals surface area contributed by atoms with E-state index in [1.165, 1.54) is 0 Å². The molecule has 0 spiro atoms. The average molecular weight is 174 g/mol. The van der Waals surface area contributed by atoms with Crippen molar-refractivity contribution in [3.8, 4) is 0 Å². The van der Waals surface area contributed by atoms with Crippen LogP contribution >= 0.6 is 0 Å². The molecule has 0 amide bonds. The van der Waals surface area contributed by atoms with Gasteiger partial charge in [0.1, 0.15) is 0 Å². The van der Waals surface area contributed by atoms with Gasteiger partial charge in [0.15, 0.2) is 0 Å². The molecular weight excluding hydrogens is 152 g/mol. The summed E-state index contributed by atoms with van der Waals surface area (Å²) >= 11 is 0. The zero-order chi connectivity index (χ0) is 9.61. The fourth-order valence-corrected chi connectivity index (χ4v) is 0.756. The first-order valence-corrected chi connectivity index (χ1v) is 4.67. The molecule has 0 radical (unpaired) electrons. The van der Waals surface area contributed by atoms with Crippen molar-refractivity contribution in [1.82, 2.24) is 0 Å². The molecule has 12 heavy (non-hydrogen) atoms. The highest BCUT2D eigenvalue weighted by molar-refractivity contribution is 4.58. The maximum atomic E-state index is 5.53. The molecule has 0 aromatic rings. The second-order valence-corrected chi connectivity index (χ2v) is 4.23. The number of hydrogen-bond donors (Lipinski definition) is 0. The Labute approximate surface area is 76.3 Å². The lowest BCUT2D eigenvalue weighted by atomic mass is 10.2. The Bertz CT molecular complexity index is 103. The third kappa shape index (κ3) is 9.92. The lowest BCUT2D eigenvalue weighted by molar-refractivity contribution is -0.0188. The third-order valence-electron chi connectivity index (χ3n) is 1.27. The van der Waals surface area contributed by atoms with Gasteiger partial charge in [0.2, 0.25) is 0 Å². The molecule has 0 unspecified atom stereocenters. The molecular formula is C10H22O2. The van der Waals surface area contributed by atoms with E-state index in [2.05, 4.69) is 20.8 Å². The van der Waals surface area contributed by atoms with Gasteiger partial charge in [-0.15, -0.1) is 0 Å². The summed E-state index contributed by atoms with van der Waals surface area (Å²) in [6, 6.07) is 0. The number of ether oxygens (including phenoxy) is 2. The molecule has 0 fully saturated rings. The SMILES string of the molecule is CC(C)OCCCOC(C)(C)C.